The van der Waals surface area contributed by atoms with Gasteiger partial charge in [0.1, 0.15) is 0 Å². The van der Waals surface area contributed by atoms with Crippen LogP contribution in [-0.4, -0.2) is 26.2 Å². The smallest absolute Gasteiger partial charge is 0.306 e. The third kappa shape index (κ3) is 2.09. The molecule has 1 N–H and O–H groups in total. The lowest BCUT2D eigenvalue weighted by atomic mass is 9.77. The normalized spacial score (nSPS) is 24.3. The van der Waals surface area contributed by atoms with Crippen molar-refractivity contribution in [3.63, 3.8) is 0 Å². The van der Waals surface area contributed by atoms with Gasteiger partial charge in [-0.2, -0.15) is 0 Å². The lowest BCUT2D eigenvalue weighted by molar-refractivity contribution is -0.142. The highest BCUT2D eigenvalue weighted by Gasteiger charge is 2.37. The van der Waals surface area contributed by atoms with E-state index < -0.39 is 0 Å². The van der Waals surface area contributed by atoms with Crippen LogP contribution in [0.2, 0.25) is 0 Å². The van der Waals surface area contributed by atoms with Crippen molar-refractivity contribution in [2.45, 2.75) is 18.3 Å². The van der Waals surface area contributed by atoms with Gasteiger partial charge in [0.15, 0.2) is 0 Å². The van der Waals surface area contributed by atoms with Crippen LogP contribution in [0.4, 0.5) is 0 Å². The minimum atomic E-state index is -0.132. The SMILES string of the molecule is COC(=O)CC1(c2ccccc2)CCNC1. The molecule has 3 nitrogen and oxygen atoms in total. The van der Waals surface area contributed by atoms with Gasteiger partial charge in [-0.05, 0) is 18.5 Å². The van der Waals surface area contributed by atoms with Crippen LogP contribution in [0.25, 0.3) is 0 Å². The summed E-state index contributed by atoms with van der Waals surface area (Å²) < 4.78 is 4.79. The first-order valence-corrected chi connectivity index (χ1v) is 5.60. The first-order valence-electron chi connectivity index (χ1n) is 5.60. The molecule has 1 saturated heterocycles. The van der Waals surface area contributed by atoms with Gasteiger partial charge in [0.05, 0.1) is 13.5 Å². The lowest BCUT2D eigenvalue weighted by Gasteiger charge is -2.27. The molecule has 1 aromatic carbocycles. The maximum absolute atomic E-state index is 11.5. The predicted molar refractivity (Wildman–Crippen MR) is 62.2 cm³/mol. The summed E-state index contributed by atoms with van der Waals surface area (Å²) in [7, 11) is 1.45. The molecule has 1 heterocycles. The van der Waals surface area contributed by atoms with Crippen molar-refractivity contribution in [1.29, 1.82) is 0 Å². The van der Waals surface area contributed by atoms with Crippen LogP contribution in [0.3, 0.4) is 0 Å². The van der Waals surface area contributed by atoms with E-state index in [9.17, 15) is 4.79 Å². The number of esters is 1. The predicted octanol–water partition coefficient (Wildman–Crippen LogP) is 1.48. The zero-order valence-corrected chi connectivity index (χ0v) is 9.53. The summed E-state index contributed by atoms with van der Waals surface area (Å²) in [6.45, 7) is 1.82. The summed E-state index contributed by atoms with van der Waals surface area (Å²) in [4.78, 5) is 11.5. The average Bonchev–Trinajstić information content (AvgIpc) is 2.80. The summed E-state index contributed by atoms with van der Waals surface area (Å²) in [5.74, 6) is -0.132. The highest BCUT2D eigenvalue weighted by molar-refractivity contribution is 5.71. The fourth-order valence-electron chi connectivity index (χ4n) is 2.38. The molecule has 0 spiro atoms. The lowest BCUT2D eigenvalue weighted by Crippen LogP contribution is -2.32. The second-order valence-corrected chi connectivity index (χ2v) is 4.33. The van der Waals surface area contributed by atoms with Gasteiger partial charge in [0.25, 0.3) is 0 Å². The molecule has 0 amide bonds. The van der Waals surface area contributed by atoms with E-state index in [0.717, 1.165) is 19.5 Å². The fraction of sp³-hybridized carbons (Fsp3) is 0.462. The number of hydrogen-bond donors (Lipinski definition) is 1. The Morgan fingerprint density at radius 3 is 2.75 bits per heavy atom. The molecular weight excluding hydrogens is 202 g/mol. The van der Waals surface area contributed by atoms with Crippen molar-refractivity contribution in [2.24, 2.45) is 0 Å². The highest BCUT2D eigenvalue weighted by atomic mass is 16.5. The summed E-state index contributed by atoms with van der Waals surface area (Å²) in [6, 6.07) is 10.2. The van der Waals surface area contributed by atoms with Gasteiger partial charge in [-0.3, -0.25) is 4.79 Å². The van der Waals surface area contributed by atoms with Gasteiger partial charge < -0.3 is 10.1 Å². The average molecular weight is 219 g/mol. The molecule has 1 aromatic rings. The van der Waals surface area contributed by atoms with Gasteiger partial charge in [-0.15, -0.1) is 0 Å². The summed E-state index contributed by atoms with van der Waals surface area (Å²) >= 11 is 0. The van der Waals surface area contributed by atoms with Crippen LogP contribution < -0.4 is 5.32 Å². The molecule has 0 saturated carbocycles. The summed E-state index contributed by atoms with van der Waals surface area (Å²) in [5.41, 5.74) is 1.15. The third-order valence-corrected chi connectivity index (χ3v) is 3.34. The van der Waals surface area contributed by atoms with Gasteiger partial charge >= 0.3 is 5.97 Å². The summed E-state index contributed by atoms with van der Waals surface area (Å²) in [5, 5.41) is 3.33. The molecule has 1 unspecified atom stereocenters. The molecule has 1 aliphatic heterocycles. The topological polar surface area (TPSA) is 38.3 Å². The van der Waals surface area contributed by atoms with E-state index in [1.54, 1.807) is 0 Å². The van der Waals surface area contributed by atoms with E-state index in [1.165, 1.54) is 12.7 Å². The Morgan fingerprint density at radius 2 is 2.19 bits per heavy atom. The van der Waals surface area contributed by atoms with E-state index in [1.807, 2.05) is 18.2 Å². The number of carbonyl (C=O) groups excluding carboxylic acids is 1. The number of benzene rings is 1. The first kappa shape index (κ1) is 11.1. The molecule has 86 valence electrons. The Bertz CT molecular complexity index is 355. The molecule has 3 heteroatoms. The molecular formula is C13H17NO2. The molecule has 16 heavy (non-hydrogen) atoms. The molecule has 1 atom stereocenters. The Hall–Kier alpha value is -1.35. The number of hydrogen-bond acceptors (Lipinski definition) is 3. The van der Waals surface area contributed by atoms with Gasteiger partial charge in [-0.25, -0.2) is 0 Å². The fourth-order valence-corrected chi connectivity index (χ4v) is 2.38. The number of rotatable bonds is 3. The minimum absolute atomic E-state index is 0.0750. The number of ether oxygens (including phenoxy) is 1. The van der Waals surface area contributed by atoms with E-state index >= 15 is 0 Å². The zero-order valence-electron chi connectivity index (χ0n) is 9.53. The second-order valence-electron chi connectivity index (χ2n) is 4.33. The monoisotopic (exact) mass is 219 g/mol. The van der Waals surface area contributed by atoms with Crippen LogP contribution in [0.5, 0.6) is 0 Å². The van der Waals surface area contributed by atoms with Crippen LogP contribution in [-0.2, 0) is 14.9 Å². The molecule has 0 bridgehead atoms. The maximum Gasteiger partial charge on any atom is 0.306 e. The van der Waals surface area contributed by atoms with Gasteiger partial charge in [0, 0.05) is 12.0 Å². The van der Waals surface area contributed by atoms with Crippen LogP contribution in [0, 0.1) is 0 Å². The van der Waals surface area contributed by atoms with E-state index in [-0.39, 0.29) is 11.4 Å². The third-order valence-electron chi connectivity index (χ3n) is 3.34. The quantitative estimate of drug-likeness (QED) is 0.783. The standard InChI is InChI=1S/C13H17NO2/c1-16-12(15)9-13(7-8-14-10-13)11-5-3-2-4-6-11/h2-6,14H,7-10H2,1H3. The van der Waals surface area contributed by atoms with Crippen molar-refractivity contribution >= 4 is 5.97 Å². The van der Waals surface area contributed by atoms with Crippen LogP contribution in [0.15, 0.2) is 30.3 Å². The van der Waals surface area contributed by atoms with Crippen molar-refractivity contribution in [1.82, 2.24) is 5.32 Å². The Kier molecular flexibility index (Phi) is 3.25. The number of carbonyl (C=O) groups is 1. The van der Waals surface area contributed by atoms with E-state index in [4.69, 9.17) is 4.74 Å². The Balaban J connectivity index is 2.25. The first-order chi connectivity index (χ1) is 7.77. The van der Waals surface area contributed by atoms with Crippen molar-refractivity contribution in [3.05, 3.63) is 35.9 Å². The Morgan fingerprint density at radius 1 is 1.44 bits per heavy atom. The second kappa shape index (κ2) is 4.66. The zero-order chi connectivity index (χ0) is 11.4. The minimum Gasteiger partial charge on any atom is -0.469 e. The van der Waals surface area contributed by atoms with Crippen LogP contribution in [0.1, 0.15) is 18.4 Å². The molecule has 2 rings (SSSR count). The van der Waals surface area contributed by atoms with Crippen LogP contribution >= 0.6 is 0 Å². The van der Waals surface area contributed by atoms with Crippen molar-refractivity contribution in [2.75, 3.05) is 20.2 Å². The van der Waals surface area contributed by atoms with Crippen molar-refractivity contribution in [3.8, 4) is 0 Å². The summed E-state index contributed by atoms with van der Waals surface area (Å²) in [6.07, 6.45) is 1.45. The highest BCUT2D eigenvalue weighted by Crippen LogP contribution is 2.34. The molecule has 0 radical (unpaired) electrons. The molecule has 0 aromatic heterocycles. The molecule has 1 fully saturated rings. The number of methoxy groups -OCH3 is 1. The van der Waals surface area contributed by atoms with E-state index in [0.29, 0.717) is 6.42 Å². The number of nitrogens with one attached hydrogen (secondary N) is 1. The largest absolute Gasteiger partial charge is 0.469 e. The van der Waals surface area contributed by atoms with Gasteiger partial charge in [0.2, 0.25) is 0 Å². The Labute approximate surface area is 95.8 Å². The molecule has 1 aliphatic rings. The molecule has 0 aliphatic carbocycles. The van der Waals surface area contributed by atoms with Gasteiger partial charge in [-0.1, -0.05) is 30.3 Å². The maximum atomic E-state index is 11.5. The van der Waals surface area contributed by atoms with E-state index in [2.05, 4.69) is 17.4 Å². The van der Waals surface area contributed by atoms with Crippen molar-refractivity contribution < 1.29 is 9.53 Å².